The Morgan fingerprint density at radius 2 is 1.90 bits per heavy atom. The molecule has 0 radical (unpaired) electrons. The van der Waals surface area contributed by atoms with Crippen molar-refractivity contribution < 1.29 is 9.53 Å². The van der Waals surface area contributed by atoms with Crippen molar-refractivity contribution in [2.75, 3.05) is 11.9 Å². The van der Waals surface area contributed by atoms with E-state index in [0.717, 1.165) is 5.56 Å². The molecule has 0 aliphatic rings. The number of nitrogens with one attached hydrogen (secondary N) is 1. The number of amides is 1. The van der Waals surface area contributed by atoms with Gasteiger partial charge in [-0.25, -0.2) is 4.98 Å². The van der Waals surface area contributed by atoms with Gasteiger partial charge in [-0.1, -0.05) is 54.2 Å². The molecule has 2 aromatic carbocycles. The summed E-state index contributed by atoms with van der Waals surface area (Å²) in [7, 11) is 1.68. The average molecular weight is 452 g/mol. The van der Waals surface area contributed by atoms with Crippen molar-refractivity contribution in [3.63, 3.8) is 0 Å². The summed E-state index contributed by atoms with van der Waals surface area (Å²) in [6.07, 6.45) is 0. The molecular formula is C23H21N3O3S2. The number of ether oxygens (including phenoxy) is 1. The normalized spacial score (nSPS) is 11.9. The average Bonchev–Trinajstić information content (AvgIpc) is 3.26. The van der Waals surface area contributed by atoms with E-state index in [0.29, 0.717) is 33.4 Å². The van der Waals surface area contributed by atoms with E-state index in [1.165, 1.54) is 27.7 Å². The molecule has 4 aromatic rings. The maximum absolute atomic E-state index is 13.4. The van der Waals surface area contributed by atoms with Gasteiger partial charge in [0.05, 0.1) is 17.8 Å². The molecule has 4 rings (SSSR count). The standard InChI is InChI=1S/C23H21N3O3S2/c1-3-29-18-12-8-7-11-16(18)24-21(27)19(15-9-5-4-6-10-15)31-23-25-17-13-14-30-20(17)22(28)26(23)2/h4-14,19H,3H2,1-2H3,(H,24,27). The van der Waals surface area contributed by atoms with Crippen molar-refractivity contribution in [3.8, 4) is 5.75 Å². The number of para-hydroxylation sites is 2. The Morgan fingerprint density at radius 1 is 1.16 bits per heavy atom. The highest BCUT2D eigenvalue weighted by Gasteiger charge is 2.25. The van der Waals surface area contributed by atoms with E-state index in [9.17, 15) is 9.59 Å². The Hall–Kier alpha value is -3.10. The molecule has 0 fully saturated rings. The van der Waals surface area contributed by atoms with E-state index in [-0.39, 0.29) is 11.5 Å². The highest BCUT2D eigenvalue weighted by molar-refractivity contribution is 8.00. The van der Waals surface area contributed by atoms with Crippen LogP contribution in [-0.4, -0.2) is 22.1 Å². The van der Waals surface area contributed by atoms with Crippen LogP contribution < -0.4 is 15.6 Å². The monoisotopic (exact) mass is 451 g/mol. The maximum atomic E-state index is 13.4. The Labute approximate surface area is 187 Å². The Balaban J connectivity index is 1.70. The van der Waals surface area contributed by atoms with E-state index < -0.39 is 5.25 Å². The smallest absolute Gasteiger partial charge is 0.271 e. The topological polar surface area (TPSA) is 73.2 Å². The van der Waals surface area contributed by atoms with Crippen LogP contribution in [0.5, 0.6) is 5.75 Å². The van der Waals surface area contributed by atoms with Crippen LogP contribution >= 0.6 is 23.1 Å². The number of rotatable bonds is 7. The van der Waals surface area contributed by atoms with E-state index in [4.69, 9.17) is 4.74 Å². The first-order chi connectivity index (χ1) is 15.1. The molecule has 0 saturated carbocycles. The molecule has 0 spiro atoms. The second-order valence-electron chi connectivity index (χ2n) is 6.72. The Kier molecular flexibility index (Phi) is 6.39. The van der Waals surface area contributed by atoms with E-state index >= 15 is 0 Å². The predicted molar refractivity (Wildman–Crippen MR) is 126 cm³/mol. The first-order valence-corrected chi connectivity index (χ1v) is 11.5. The number of carbonyl (C=O) groups excluding carboxylic acids is 1. The Bertz CT molecular complexity index is 1270. The highest BCUT2D eigenvalue weighted by Crippen LogP contribution is 2.36. The molecule has 0 aliphatic carbocycles. The second kappa shape index (κ2) is 9.36. The molecule has 6 nitrogen and oxygen atoms in total. The summed E-state index contributed by atoms with van der Waals surface area (Å²) in [6.45, 7) is 2.39. The molecule has 0 bridgehead atoms. The first-order valence-electron chi connectivity index (χ1n) is 9.77. The van der Waals surface area contributed by atoms with Crippen LogP contribution in [0.4, 0.5) is 5.69 Å². The van der Waals surface area contributed by atoms with E-state index in [1.54, 1.807) is 13.1 Å². The van der Waals surface area contributed by atoms with Crippen molar-refractivity contribution in [2.24, 2.45) is 7.05 Å². The third-order valence-electron chi connectivity index (χ3n) is 4.65. The molecule has 1 N–H and O–H groups in total. The maximum Gasteiger partial charge on any atom is 0.271 e. The number of hydrogen-bond donors (Lipinski definition) is 1. The zero-order valence-electron chi connectivity index (χ0n) is 17.1. The van der Waals surface area contributed by atoms with Gasteiger partial charge in [0.1, 0.15) is 15.7 Å². The number of anilines is 1. The number of thiophene rings is 1. The lowest BCUT2D eigenvalue weighted by molar-refractivity contribution is -0.115. The summed E-state index contributed by atoms with van der Waals surface area (Å²) in [5.74, 6) is 0.392. The SMILES string of the molecule is CCOc1ccccc1NC(=O)C(Sc1nc2ccsc2c(=O)n1C)c1ccccc1. The van der Waals surface area contributed by atoms with Crippen LogP contribution in [0.1, 0.15) is 17.7 Å². The first kappa shape index (κ1) is 21.1. The molecule has 158 valence electrons. The number of aromatic nitrogens is 2. The van der Waals surface area contributed by atoms with Crippen LogP contribution in [0.2, 0.25) is 0 Å². The molecule has 1 atom stereocenters. The fraction of sp³-hybridized carbons (Fsp3) is 0.174. The zero-order valence-corrected chi connectivity index (χ0v) is 18.7. The minimum atomic E-state index is -0.606. The lowest BCUT2D eigenvalue weighted by Gasteiger charge is -2.19. The number of carbonyl (C=O) groups is 1. The molecule has 1 unspecified atom stereocenters. The summed E-state index contributed by atoms with van der Waals surface area (Å²) >= 11 is 2.62. The number of hydrogen-bond acceptors (Lipinski definition) is 6. The van der Waals surface area contributed by atoms with E-state index in [1.807, 2.05) is 66.9 Å². The molecular weight excluding hydrogens is 430 g/mol. The van der Waals surface area contributed by atoms with Gasteiger partial charge in [0.25, 0.3) is 5.56 Å². The molecule has 1 amide bonds. The van der Waals surface area contributed by atoms with Gasteiger partial charge in [-0.15, -0.1) is 11.3 Å². The summed E-state index contributed by atoms with van der Waals surface area (Å²) in [5.41, 5.74) is 1.95. The van der Waals surface area contributed by atoms with Crippen LogP contribution in [0.15, 0.2) is 76.0 Å². The highest BCUT2D eigenvalue weighted by atomic mass is 32.2. The van der Waals surface area contributed by atoms with Crippen LogP contribution in [-0.2, 0) is 11.8 Å². The number of fused-ring (bicyclic) bond motifs is 1. The fourth-order valence-electron chi connectivity index (χ4n) is 3.13. The van der Waals surface area contributed by atoms with E-state index in [2.05, 4.69) is 10.3 Å². The third-order valence-corrected chi connectivity index (χ3v) is 6.84. The molecule has 8 heteroatoms. The van der Waals surface area contributed by atoms with Crippen LogP contribution in [0.25, 0.3) is 10.2 Å². The summed E-state index contributed by atoms with van der Waals surface area (Å²) in [6, 6.07) is 18.6. The number of thioether (sulfide) groups is 1. The lowest BCUT2D eigenvalue weighted by Crippen LogP contribution is -2.23. The van der Waals surface area contributed by atoms with Crippen molar-refractivity contribution in [1.82, 2.24) is 9.55 Å². The van der Waals surface area contributed by atoms with Crippen molar-refractivity contribution in [3.05, 3.63) is 82.0 Å². The molecule has 2 aromatic heterocycles. The predicted octanol–water partition coefficient (Wildman–Crippen LogP) is 4.87. The van der Waals surface area contributed by atoms with Crippen molar-refractivity contribution >= 4 is 44.9 Å². The zero-order chi connectivity index (χ0) is 21.8. The van der Waals surface area contributed by atoms with Gasteiger partial charge in [-0.05, 0) is 36.1 Å². The van der Waals surface area contributed by atoms with Gasteiger partial charge in [0.2, 0.25) is 5.91 Å². The molecule has 2 heterocycles. The molecule has 0 aliphatic heterocycles. The molecule has 0 saturated heterocycles. The minimum Gasteiger partial charge on any atom is -0.492 e. The number of nitrogens with zero attached hydrogens (tertiary/aromatic N) is 2. The van der Waals surface area contributed by atoms with Gasteiger partial charge in [-0.3, -0.25) is 14.2 Å². The van der Waals surface area contributed by atoms with Gasteiger partial charge in [0, 0.05) is 7.05 Å². The second-order valence-corrected chi connectivity index (χ2v) is 8.71. The lowest BCUT2D eigenvalue weighted by atomic mass is 10.1. The van der Waals surface area contributed by atoms with Crippen molar-refractivity contribution in [1.29, 1.82) is 0 Å². The molecule has 31 heavy (non-hydrogen) atoms. The quantitative estimate of drug-likeness (QED) is 0.321. The summed E-state index contributed by atoms with van der Waals surface area (Å²) < 4.78 is 7.75. The van der Waals surface area contributed by atoms with Gasteiger partial charge in [0.15, 0.2) is 5.16 Å². The summed E-state index contributed by atoms with van der Waals surface area (Å²) in [4.78, 5) is 30.7. The Morgan fingerprint density at radius 3 is 2.68 bits per heavy atom. The fourth-order valence-corrected chi connectivity index (χ4v) is 5.00. The largest absolute Gasteiger partial charge is 0.492 e. The van der Waals surface area contributed by atoms with Crippen molar-refractivity contribution in [2.45, 2.75) is 17.3 Å². The van der Waals surface area contributed by atoms with Crippen LogP contribution in [0.3, 0.4) is 0 Å². The summed E-state index contributed by atoms with van der Waals surface area (Å²) in [5, 5.41) is 4.71. The van der Waals surface area contributed by atoms with Gasteiger partial charge >= 0.3 is 0 Å². The minimum absolute atomic E-state index is 0.114. The van der Waals surface area contributed by atoms with Crippen LogP contribution in [0, 0.1) is 0 Å². The number of benzene rings is 2. The van der Waals surface area contributed by atoms with Gasteiger partial charge < -0.3 is 10.1 Å². The third kappa shape index (κ3) is 4.50. The van der Waals surface area contributed by atoms with Gasteiger partial charge in [-0.2, -0.15) is 0 Å².